The maximum absolute atomic E-state index is 12.0. The number of hydrogen-bond donors (Lipinski definition) is 1. The van der Waals surface area contributed by atoms with E-state index in [1.54, 1.807) is 11.0 Å². The van der Waals surface area contributed by atoms with E-state index in [0.717, 1.165) is 18.5 Å². The lowest BCUT2D eigenvalue weighted by Gasteiger charge is -2.22. The Labute approximate surface area is 156 Å². The number of para-hydroxylation sites is 1. The van der Waals surface area contributed by atoms with Crippen LogP contribution in [0.25, 0.3) is 6.08 Å². The van der Waals surface area contributed by atoms with Gasteiger partial charge in [-0.05, 0) is 31.1 Å². The molecule has 0 unspecified atom stereocenters. The van der Waals surface area contributed by atoms with E-state index in [2.05, 4.69) is 10.3 Å². The van der Waals surface area contributed by atoms with Crippen LogP contribution in [0.5, 0.6) is 0 Å². The van der Waals surface area contributed by atoms with Crippen LogP contribution in [0.4, 0.5) is 10.8 Å². The standard InChI is InChI=1S/C19H21N3O3S/c1-14(23)22(17-5-3-2-4-6-17)19-21-16(13-26-19)7-8-18(24)20-15-9-11-25-12-10-15/h2-8,13,15H,9-12H2,1H3,(H,20,24)/b8-7+. The fraction of sp³-hybridized carbons (Fsp3) is 0.316. The van der Waals surface area contributed by atoms with Crippen LogP contribution in [0.3, 0.4) is 0 Å². The molecule has 0 atom stereocenters. The molecule has 0 aliphatic carbocycles. The summed E-state index contributed by atoms with van der Waals surface area (Å²) in [7, 11) is 0. The van der Waals surface area contributed by atoms with Gasteiger partial charge in [0.15, 0.2) is 5.13 Å². The van der Waals surface area contributed by atoms with Crippen molar-refractivity contribution in [1.82, 2.24) is 10.3 Å². The first-order valence-corrected chi connectivity index (χ1v) is 9.39. The summed E-state index contributed by atoms with van der Waals surface area (Å²) in [4.78, 5) is 30.1. The Morgan fingerprint density at radius 3 is 2.69 bits per heavy atom. The third-order valence-corrected chi connectivity index (χ3v) is 4.85. The predicted octanol–water partition coefficient (Wildman–Crippen LogP) is 3.14. The average Bonchev–Trinajstić information content (AvgIpc) is 3.10. The number of carbonyl (C=O) groups is 2. The molecule has 0 saturated carbocycles. The molecule has 1 aliphatic heterocycles. The highest BCUT2D eigenvalue weighted by atomic mass is 32.1. The summed E-state index contributed by atoms with van der Waals surface area (Å²) in [5.41, 5.74) is 1.41. The lowest BCUT2D eigenvalue weighted by atomic mass is 10.1. The Morgan fingerprint density at radius 2 is 2.00 bits per heavy atom. The van der Waals surface area contributed by atoms with Crippen LogP contribution >= 0.6 is 11.3 Å². The molecular formula is C19H21N3O3S. The summed E-state index contributed by atoms with van der Waals surface area (Å²) < 4.78 is 5.28. The molecule has 1 aromatic carbocycles. The van der Waals surface area contributed by atoms with Gasteiger partial charge in [-0.2, -0.15) is 0 Å². The molecule has 1 aliphatic rings. The number of amides is 2. The van der Waals surface area contributed by atoms with Gasteiger partial charge in [-0.3, -0.25) is 14.5 Å². The van der Waals surface area contributed by atoms with Crippen LogP contribution in [-0.4, -0.2) is 36.1 Å². The summed E-state index contributed by atoms with van der Waals surface area (Å²) in [6.45, 7) is 2.88. The third-order valence-electron chi connectivity index (χ3n) is 4.00. The van der Waals surface area contributed by atoms with Gasteiger partial charge < -0.3 is 10.1 Å². The topological polar surface area (TPSA) is 71.5 Å². The van der Waals surface area contributed by atoms with Gasteiger partial charge in [-0.1, -0.05) is 18.2 Å². The van der Waals surface area contributed by atoms with Crippen molar-refractivity contribution in [2.24, 2.45) is 0 Å². The van der Waals surface area contributed by atoms with Gasteiger partial charge in [-0.25, -0.2) is 4.98 Å². The van der Waals surface area contributed by atoms with Crippen LogP contribution in [0.2, 0.25) is 0 Å². The fourth-order valence-electron chi connectivity index (χ4n) is 2.71. The molecular weight excluding hydrogens is 350 g/mol. The lowest BCUT2D eigenvalue weighted by molar-refractivity contribution is -0.118. The molecule has 1 fully saturated rings. The largest absolute Gasteiger partial charge is 0.381 e. The molecule has 1 N–H and O–H groups in total. The summed E-state index contributed by atoms with van der Waals surface area (Å²) >= 11 is 1.36. The van der Waals surface area contributed by atoms with Crippen molar-refractivity contribution in [1.29, 1.82) is 0 Å². The number of hydrogen-bond acceptors (Lipinski definition) is 5. The van der Waals surface area contributed by atoms with E-state index >= 15 is 0 Å². The lowest BCUT2D eigenvalue weighted by Crippen LogP contribution is -2.37. The maximum Gasteiger partial charge on any atom is 0.244 e. The third kappa shape index (κ3) is 4.77. The zero-order valence-electron chi connectivity index (χ0n) is 14.6. The molecule has 2 aromatic rings. The molecule has 6 nitrogen and oxygen atoms in total. The molecule has 1 saturated heterocycles. The summed E-state index contributed by atoms with van der Waals surface area (Å²) in [5.74, 6) is -0.253. The van der Waals surface area contributed by atoms with E-state index < -0.39 is 0 Å². The van der Waals surface area contributed by atoms with Crippen molar-refractivity contribution in [2.75, 3.05) is 18.1 Å². The molecule has 1 aromatic heterocycles. The number of nitrogens with zero attached hydrogens (tertiary/aromatic N) is 2. The molecule has 26 heavy (non-hydrogen) atoms. The van der Waals surface area contributed by atoms with Crippen molar-refractivity contribution in [3.63, 3.8) is 0 Å². The average molecular weight is 371 g/mol. The Hall–Kier alpha value is -2.51. The maximum atomic E-state index is 12.0. The van der Waals surface area contributed by atoms with Crippen molar-refractivity contribution >= 4 is 40.0 Å². The quantitative estimate of drug-likeness (QED) is 0.820. The predicted molar refractivity (Wildman–Crippen MR) is 102 cm³/mol. The number of carbonyl (C=O) groups excluding carboxylic acids is 2. The van der Waals surface area contributed by atoms with E-state index in [1.165, 1.54) is 24.3 Å². The number of aromatic nitrogens is 1. The van der Waals surface area contributed by atoms with Gasteiger partial charge in [-0.15, -0.1) is 11.3 Å². The Morgan fingerprint density at radius 1 is 1.27 bits per heavy atom. The van der Waals surface area contributed by atoms with Crippen LogP contribution in [0, 0.1) is 0 Å². The molecule has 0 spiro atoms. The first-order valence-electron chi connectivity index (χ1n) is 8.51. The molecule has 2 amide bonds. The second-order valence-corrected chi connectivity index (χ2v) is 6.81. The molecule has 0 radical (unpaired) electrons. The highest BCUT2D eigenvalue weighted by Crippen LogP contribution is 2.28. The number of anilines is 2. The van der Waals surface area contributed by atoms with Gasteiger partial charge in [0.1, 0.15) is 0 Å². The number of ether oxygens (including phenoxy) is 1. The summed E-state index contributed by atoms with van der Waals surface area (Å²) in [6.07, 6.45) is 4.82. The molecule has 0 bridgehead atoms. The van der Waals surface area contributed by atoms with Crippen molar-refractivity contribution in [2.45, 2.75) is 25.8 Å². The molecule has 3 rings (SSSR count). The Kier molecular flexibility index (Phi) is 6.14. The monoisotopic (exact) mass is 371 g/mol. The molecule has 2 heterocycles. The minimum atomic E-state index is -0.141. The summed E-state index contributed by atoms with van der Waals surface area (Å²) in [6, 6.07) is 9.53. The van der Waals surface area contributed by atoms with E-state index in [1.807, 2.05) is 35.7 Å². The zero-order chi connectivity index (χ0) is 18.4. The van der Waals surface area contributed by atoms with E-state index in [0.29, 0.717) is 24.0 Å². The molecule has 136 valence electrons. The number of thiazole rings is 1. The second kappa shape index (κ2) is 8.73. The van der Waals surface area contributed by atoms with Gasteiger partial charge in [0.25, 0.3) is 0 Å². The van der Waals surface area contributed by atoms with E-state index in [4.69, 9.17) is 4.74 Å². The SMILES string of the molecule is CC(=O)N(c1ccccc1)c1nc(/C=C/C(=O)NC2CCOCC2)cs1. The first kappa shape index (κ1) is 18.3. The van der Waals surface area contributed by atoms with Crippen LogP contribution in [0.15, 0.2) is 41.8 Å². The van der Waals surface area contributed by atoms with Crippen molar-refractivity contribution in [3.8, 4) is 0 Å². The van der Waals surface area contributed by atoms with Crippen LogP contribution in [0.1, 0.15) is 25.5 Å². The van der Waals surface area contributed by atoms with Gasteiger partial charge in [0.2, 0.25) is 11.8 Å². The number of rotatable bonds is 5. The minimum Gasteiger partial charge on any atom is -0.381 e. The van der Waals surface area contributed by atoms with Crippen LogP contribution < -0.4 is 10.2 Å². The second-order valence-electron chi connectivity index (χ2n) is 5.97. The molecule has 7 heteroatoms. The number of nitrogens with one attached hydrogen (secondary N) is 1. The minimum absolute atomic E-state index is 0.113. The smallest absolute Gasteiger partial charge is 0.244 e. The Balaban J connectivity index is 1.66. The highest BCUT2D eigenvalue weighted by molar-refractivity contribution is 7.14. The van der Waals surface area contributed by atoms with Crippen molar-refractivity contribution in [3.05, 3.63) is 47.5 Å². The fourth-order valence-corrected chi connectivity index (χ4v) is 3.57. The van der Waals surface area contributed by atoms with Gasteiger partial charge >= 0.3 is 0 Å². The summed E-state index contributed by atoms with van der Waals surface area (Å²) in [5, 5.41) is 5.37. The first-order chi connectivity index (χ1) is 12.6. The normalized spacial score (nSPS) is 15.1. The van der Waals surface area contributed by atoms with E-state index in [-0.39, 0.29) is 17.9 Å². The van der Waals surface area contributed by atoms with Gasteiger partial charge in [0, 0.05) is 37.6 Å². The number of benzene rings is 1. The van der Waals surface area contributed by atoms with Crippen LogP contribution in [-0.2, 0) is 14.3 Å². The Bertz CT molecular complexity index is 782. The highest BCUT2D eigenvalue weighted by Gasteiger charge is 2.17. The van der Waals surface area contributed by atoms with Gasteiger partial charge in [0.05, 0.1) is 11.4 Å². The van der Waals surface area contributed by atoms with E-state index in [9.17, 15) is 9.59 Å². The zero-order valence-corrected chi connectivity index (χ0v) is 15.4. The van der Waals surface area contributed by atoms with Crippen molar-refractivity contribution < 1.29 is 14.3 Å².